The van der Waals surface area contributed by atoms with Gasteiger partial charge in [0.05, 0.1) is 10.8 Å². The molecule has 4 heteroatoms. The first kappa shape index (κ1) is 22.2. The molecule has 4 nitrogen and oxygen atoms in total. The molecule has 0 bridgehead atoms. The van der Waals surface area contributed by atoms with Gasteiger partial charge >= 0.3 is 11.9 Å². The van der Waals surface area contributed by atoms with E-state index >= 15 is 0 Å². The lowest BCUT2D eigenvalue weighted by molar-refractivity contribution is -0.149. The van der Waals surface area contributed by atoms with Gasteiger partial charge in [0.1, 0.15) is 0 Å². The SMILES string of the molecule is CCCCC(C)(Cc1cccc(CC(C)(CCCC)C(=O)O)c1)C(=O)O. The Balaban J connectivity index is 2.99. The van der Waals surface area contributed by atoms with Crippen LogP contribution in [0.15, 0.2) is 24.3 Å². The van der Waals surface area contributed by atoms with Gasteiger partial charge in [0.2, 0.25) is 0 Å². The molecule has 0 amide bonds. The highest BCUT2D eigenvalue weighted by Crippen LogP contribution is 2.32. The summed E-state index contributed by atoms with van der Waals surface area (Å²) in [6.45, 7) is 7.73. The summed E-state index contributed by atoms with van der Waals surface area (Å²) in [5, 5.41) is 19.3. The van der Waals surface area contributed by atoms with Crippen LogP contribution in [0.5, 0.6) is 0 Å². The van der Waals surface area contributed by atoms with Crippen LogP contribution in [-0.2, 0) is 22.4 Å². The molecule has 0 aliphatic heterocycles. The first-order chi connectivity index (χ1) is 12.2. The van der Waals surface area contributed by atoms with Crippen molar-refractivity contribution in [3.63, 3.8) is 0 Å². The molecule has 1 aromatic carbocycles. The predicted octanol–water partition coefficient (Wildman–Crippen LogP) is 5.33. The number of aliphatic carboxylic acids is 2. The van der Waals surface area contributed by atoms with Crippen LogP contribution in [0.25, 0.3) is 0 Å². The Hall–Kier alpha value is -1.84. The van der Waals surface area contributed by atoms with Crippen LogP contribution in [-0.4, -0.2) is 22.2 Å². The van der Waals surface area contributed by atoms with Crippen molar-refractivity contribution >= 4 is 11.9 Å². The summed E-state index contributed by atoms with van der Waals surface area (Å²) in [6.07, 6.45) is 5.93. The highest BCUT2D eigenvalue weighted by atomic mass is 16.4. The molecule has 0 saturated heterocycles. The molecule has 0 heterocycles. The van der Waals surface area contributed by atoms with Crippen molar-refractivity contribution in [1.29, 1.82) is 0 Å². The zero-order valence-corrected chi connectivity index (χ0v) is 16.7. The third kappa shape index (κ3) is 6.15. The maximum absolute atomic E-state index is 11.8. The van der Waals surface area contributed by atoms with E-state index in [1.165, 1.54) is 0 Å². The predicted molar refractivity (Wildman–Crippen MR) is 104 cm³/mol. The Kier molecular flexibility index (Phi) is 8.32. The fourth-order valence-corrected chi connectivity index (χ4v) is 3.43. The van der Waals surface area contributed by atoms with Crippen LogP contribution in [0.2, 0.25) is 0 Å². The van der Waals surface area contributed by atoms with Gasteiger partial charge in [-0.2, -0.15) is 0 Å². The molecule has 0 spiro atoms. The lowest BCUT2D eigenvalue weighted by Gasteiger charge is -2.27. The van der Waals surface area contributed by atoms with Crippen LogP contribution in [0.1, 0.15) is 77.3 Å². The number of unbranched alkanes of at least 4 members (excludes halogenated alkanes) is 2. The fourth-order valence-electron chi connectivity index (χ4n) is 3.43. The van der Waals surface area contributed by atoms with E-state index in [2.05, 4.69) is 13.8 Å². The summed E-state index contributed by atoms with van der Waals surface area (Å²) in [4.78, 5) is 23.6. The zero-order chi connectivity index (χ0) is 19.8. The molecule has 26 heavy (non-hydrogen) atoms. The Morgan fingerprint density at radius 3 is 1.54 bits per heavy atom. The van der Waals surface area contributed by atoms with E-state index in [0.29, 0.717) is 25.7 Å². The number of carboxylic acids is 2. The third-order valence-corrected chi connectivity index (χ3v) is 5.38. The van der Waals surface area contributed by atoms with Crippen LogP contribution in [0.3, 0.4) is 0 Å². The quantitative estimate of drug-likeness (QED) is 0.527. The summed E-state index contributed by atoms with van der Waals surface area (Å²) in [5.74, 6) is -1.54. The molecule has 2 atom stereocenters. The summed E-state index contributed by atoms with van der Waals surface area (Å²) < 4.78 is 0. The van der Waals surface area contributed by atoms with Gasteiger partial charge in [-0.25, -0.2) is 0 Å². The number of hydrogen-bond acceptors (Lipinski definition) is 2. The smallest absolute Gasteiger partial charge is 0.309 e. The standard InChI is InChI=1S/C22H34O4/c1-5-7-12-21(3,19(23)24)15-17-10-9-11-18(14-17)16-22(4,20(25)26)13-8-6-2/h9-11,14H,5-8,12-13,15-16H2,1-4H3,(H,23,24)(H,25,26). The Bertz CT molecular complexity index is 561. The van der Waals surface area contributed by atoms with Crippen LogP contribution in [0.4, 0.5) is 0 Å². The van der Waals surface area contributed by atoms with Crippen molar-refractivity contribution in [1.82, 2.24) is 0 Å². The van der Waals surface area contributed by atoms with Crippen molar-refractivity contribution in [2.24, 2.45) is 10.8 Å². The minimum Gasteiger partial charge on any atom is -0.481 e. The van der Waals surface area contributed by atoms with Crippen molar-refractivity contribution in [3.8, 4) is 0 Å². The van der Waals surface area contributed by atoms with Gasteiger partial charge in [0.15, 0.2) is 0 Å². The topological polar surface area (TPSA) is 74.6 Å². The van der Waals surface area contributed by atoms with Crippen LogP contribution >= 0.6 is 0 Å². The lowest BCUT2D eigenvalue weighted by atomic mass is 9.77. The van der Waals surface area contributed by atoms with Gasteiger partial charge in [-0.05, 0) is 50.7 Å². The average molecular weight is 363 g/mol. The first-order valence-corrected chi connectivity index (χ1v) is 9.71. The average Bonchev–Trinajstić information content (AvgIpc) is 2.58. The van der Waals surface area contributed by atoms with Crippen LogP contribution in [0, 0.1) is 10.8 Å². The van der Waals surface area contributed by atoms with E-state index in [0.717, 1.165) is 36.8 Å². The lowest BCUT2D eigenvalue weighted by Crippen LogP contribution is -2.31. The number of rotatable bonds is 12. The summed E-state index contributed by atoms with van der Waals surface area (Å²) in [7, 11) is 0. The maximum atomic E-state index is 11.8. The molecule has 2 N–H and O–H groups in total. The number of carboxylic acid groups (broad SMARTS) is 2. The number of benzene rings is 1. The van der Waals surface area contributed by atoms with E-state index in [-0.39, 0.29) is 0 Å². The maximum Gasteiger partial charge on any atom is 0.309 e. The molecular formula is C22H34O4. The van der Waals surface area contributed by atoms with Crippen molar-refractivity contribution in [2.45, 2.75) is 79.1 Å². The normalized spacial score (nSPS) is 15.8. The molecule has 0 aromatic heterocycles. The number of hydrogen-bond donors (Lipinski definition) is 2. The van der Waals surface area contributed by atoms with Gasteiger partial charge in [-0.15, -0.1) is 0 Å². The molecule has 1 aromatic rings. The largest absolute Gasteiger partial charge is 0.481 e. The molecule has 146 valence electrons. The van der Waals surface area contributed by atoms with Gasteiger partial charge in [0.25, 0.3) is 0 Å². The molecule has 2 unspecified atom stereocenters. The molecule has 0 aliphatic carbocycles. The highest BCUT2D eigenvalue weighted by molar-refractivity contribution is 5.75. The second-order valence-corrected chi connectivity index (χ2v) is 8.11. The molecule has 0 saturated carbocycles. The van der Waals surface area contributed by atoms with Crippen molar-refractivity contribution in [3.05, 3.63) is 35.4 Å². The van der Waals surface area contributed by atoms with E-state index in [1.807, 2.05) is 24.3 Å². The summed E-state index contributed by atoms with van der Waals surface area (Å²) in [5.41, 5.74) is 0.360. The molecule has 0 aliphatic rings. The van der Waals surface area contributed by atoms with E-state index in [4.69, 9.17) is 0 Å². The van der Waals surface area contributed by atoms with Gasteiger partial charge < -0.3 is 10.2 Å². The molecule has 1 rings (SSSR count). The molecular weight excluding hydrogens is 328 g/mol. The van der Waals surface area contributed by atoms with Gasteiger partial charge in [-0.1, -0.05) is 63.8 Å². The summed E-state index contributed by atoms with van der Waals surface area (Å²) >= 11 is 0. The third-order valence-electron chi connectivity index (χ3n) is 5.38. The zero-order valence-electron chi connectivity index (χ0n) is 16.7. The Morgan fingerprint density at radius 1 is 0.846 bits per heavy atom. The molecule has 0 radical (unpaired) electrons. The minimum absolute atomic E-state index is 0.467. The van der Waals surface area contributed by atoms with Crippen LogP contribution < -0.4 is 0 Å². The number of carbonyl (C=O) groups is 2. The van der Waals surface area contributed by atoms with Gasteiger partial charge in [0, 0.05) is 0 Å². The minimum atomic E-state index is -0.785. The molecule has 0 fully saturated rings. The van der Waals surface area contributed by atoms with E-state index in [9.17, 15) is 19.8 Å². The summed E-state index contributed by atoms with van der Waals surface area (Å²) in [6, 6.07) is 7.79. The fraction of sp³-hybridized carbons (Fsp3) is 0.636. The van der Waals surface area contributed by atoms with Gasteiger partial charge in [-0.3, -0.25) is 9.59 Å². The first-order valence-electron chi connectivity index (χ1n) is 9.71. The van der Waals surface area contributed by atoms with Crippen molar-refractivity contribution in [2.75, 3.05) is 0 Å². The van der Waals surface area contributed by atoms with E-state index < -0.39 is 22.8 Å². The highest BCUT2D eigenvalue weighted by Gasteiger charge is 2.34. The van der Waals surface area contributed by atoms with E-state index in [1.54, 1.807) is 13.8 Å². The second kappa shape index (κ2) is 9.75. The monoisotopic (exact) mass is 362 g/mol. The van der Waals surface area contributed by atoms with Crippen molar-refractivity contribution < 1.29 is 19.8 Å². The Morgan fingerprint density at radius 2 is 1.23 bits per heavy atom. The Labute approximate surface area is 157 Å². The second-order valence-electron chi connectivity index (χ2n) is 8.11.